The maximum absolute atomic E-state index is 13.9. The molecule has 1 aliphatic rings. The van der Waals surface area contributed by atoms with E-state index in [0.717, 1.165) is 11.1 Å². The number of halogens is 3. The van der Waals surface area contributed by atoms with Gasteiger partial charge in [-0.2, -0.15) is 0 Å². The average Bonchev–Trinajstić information content (AvgIpc) is 2.64. The van der Waals surface area contributed by atoms with Crippen molar-refractivity contribution in [1.82, 2.24) is 4.98 Å². The largest absolute Gasteiger partial charge is 0.461 e. The molecule has 0 saturated carbocycles. The summed E-state index contributed by atoms with van der Waals surface area (Å²) >= 11 is 5.60. The van der Waals surface area contributed by atoms with Gasteiger partial charge in [-0.3, -0.25) is 0 Å². The maximum Gasteiger partial charge on any atom is 0.356 e. The van der Waals surface area contributed by atoms with Crippen LogP contribution in [0.3, 0.4) is 0 Å². The summed E-state index contributed by atoms with van der Waals surface area (Å²) in [6, 6.07) is 4.26. The molecule has 1 aromatic heterocycles. The van der Waals surface area contributed by atoms with Crippen LogP contribution in [0.1, 0.15) is 48.3 Å². The van der Waals surface area contributed by atoms with Gasteiger partial charge >= 0.3 is 5.97 Å². The Morgan fingerprint density at radius 1 is 1.33 bits per heavy atom. The summed E-state index contributed by atoms with van der Waals surface area (Å²) in [6.45, 7) is 7.19. The Morgan fingerprint density at radius 3 is 2.59 bits per heavy atom. The topological polar surface area (TPSA) is 42.4 Å². The van der Waals surface area contributed by atoms with E-state index in [4.69, 9.17) is 16.3 Å². The van der Waals surface area contributed by atoms with E-state index in [1.54, 1.807) is 19.2 Å². The van der Waals surface area contributed by atoms with Crippen LogP contribution in [0, 0.1) is 17.6 Å². The number of nitrogens with zero attached hydrogens (tertiary/aromatic N) is 2. The summed E-state index contributed by atoms with van der Waals surface area (Å²) in [7, 11) is 0. The van der Waals surface area contributed by atoms with Crippen molar-refractivity contribution in [1.29, 1.82) is 0 Å². The first-order chi connectivity index (χ1) is 12.8. The fourth-order valence-electron chi connectivity index (χ4n) is 3.39. The van der Waals surface area contributed by atoms with E-state index in [0.29, 0.717) is 18.8 Å². The number of rotatable bonds is 4. The van der Waals surface area contributed by atoms with Gasteiger partial charge in [0.2, 0.25) is 0 Å². The molecule has 144 valence electrons. The molecule has 3 rings (SSSR count). The quantitative estimate of drug-likeness (QED) is 0.543. The molecule has 0 spiro atoms. The molecule has 0 saturated heterocycles. The average molecular weight is 395 g/mol. The summed E-state index contributed by atoms with van der Waals surface area (Å²) in [5.74, 6) is -1.69. The Morgan fingerprint density at radius 2 is 2.00 bits per heavy atom. The van der Waals surface area contributed by atoms with Gasteiger partial charge in [-0.15, -0.1) is 0 Å². The smallest absolute Gasteiger partial charge is 0.356 e. The Bertz CT molecular complexity index is 850. The fraction of sp³-hybridized carbons (Fsp3) is 0.400. The van der Waals surface area contributed by atoms with Crippen molar-refractivity contribution in [2.45, 2.75) is 33.2 Å². The zero-order chi connectivity index (χ0) is 19.7. The van der Waals surface area contributed by atoms with Crippen LogP contribution in [0.2, 0.25) is 5.02 Å². The van der Waals surface area contributed by atoms with Crippen molar-refractivity contribution >= 4 is 23.3 Å². The normalized spacial score (nSPS) is 16.4. The summed E-state index contributed by atoms with van der Waals surface area (Å²) < 4.78 is 32.8. The number of benzene rings is 1. The lowest BCUT2D eigenvalue weighted by Crippen LogP contribution is -2.36. The SMILES string of the molecule is CCOC(=O)c1cc2c(cn1)CN(c1cc(F)c(Cl)c(F)c1)CC2C(C)C. The molecule has 0 fully saturated rings. The predicted octanol–water partition coefficient (Wildman–Crippen LogP) is 4.95. The Kier molecular flexibility index (Phi) is 5.65. The molecule has 2 aromatic rings. The van der Waals surface area contributed by atoms with Crippen LogP contribution in [0.25, 0.3) is 0 Å². The third kappa shape index (κ3) is 3.90. The Labute approximate surface area is 162 Å². The van der Waals surface area contributed by atoms with Gasteiger partial charge in [0, 0.05) is 30.9 Å². The van der Waals surface area contributed by atoms with E-state index in [1.807, 2.05) is 4.90 Å². The molecular formula is C20H21ClF2N2O2. The number of hydrogen-bond acceptors (Lipinski definition) is 4. The highest BCUT2D eigenvalue weighted by atomic mass is 35.5. The number of carbonyl (C=O) groups excluding carboxylic acids is 1. The number of aromatic nitrogens is 1. The van der Waals surface area contributed by atoms with Crippen molar-refractivity contribution < 1.29 is 18.3 Å². The fourth-order valence-corrected chi connectivity index (χ4v) is 3.50. The van der Waals surface area contributed by atoms with Gasteiger partial charge in [-0.1, -0.05) is 25.4 Å². The van der Waals surface area contributed by atoms with Crippen LogP contribution in [0.4, 0.5) is 14.5 Å². The van der Waals surface area contributed by atoms with Gasteiger partial charge in [0.05, 0.1) is 6.61 Å². The molecule has 0 N–H and O–H groups in total. The van der Waals surface area contributed by atoms with E-state index in [2.05, 4.69) is 18.8 Å². The minimum Gasteiger partial charge on any atom is -0.461 e. The first-order valence-corrected chi connectivity index (χ1v) is 9.25. The predicted molar refractivity (Wildman–Crippen MR) is 100 cm³/mol. The summed E-state index contributed by atoms with van der Waals surface area (Å²) in [4.78, 5) is 18.1. The lowest BCUT2D eigenvalue weighted by molar-refractivity contribution is 0.0519. The molecule has 1 atom stereocenters. The molecular weight excluding hydrogens is 374 g/mol. The highest BCUT2D eigenvalue weighted by Gasteiger charge is 2.30. The molecule has 7 heteroatoms. The van der Waals surface area contributed by atoms with Gasteiger partial charge in [0.15, 0.2) is 0 Å². The van der Waals surface area contributed by atoms with Crippen molar-refractivity contribution in [3.8, 4) is 0 Å². The van der Waals surface area contributed by atoms with Crippen LogP contribution < -0.4 is 4.90 Å². The molecule has 0 bridgehead atoms. The number of ether oxygens (including phenoxy) is 1. The molecule has 27 heavy (non-hydrogen) atoms. The minimum absolute atomic E-state index is 0.0757. The van der Waals surface area contributed by atoms with Crippen LogP contribution in [-0.2, 0) is 11.3 Å². The number of fused-ring (bicyclic) bond motifs is 1. The lowest BCUT2D eigenvalue weighted by Gasteiger charge is -2.38. The van der Waals surface area contributed by atoms with Crippen LogP contribution in [0.5, 0.6) is 0 Å². The maximum atomic E-state index is 13.9. The number of carbonyl (C=O) groups is 1. The number of anilines is 1. The monoisotopic (exact) mass is 394 g/mol. The van der Waals surface area contributed by atoms with Gasteiger partial charge in [-0.05, 0) is 42.2 Å². The van der Waals surface area contributed by atoms with Crippen LogP contribution in [0.15, 0.2) is 24.4 Å². The molecule has 0 amide bonds. The first kappa shape index (κ1) is 19.5. The molecule has 2 heterocycles. The van der Waals surface area contributed by atoms with Crippen LogP contribution >= 0.6 is 11.6 Å². The van der Waals surface area contributed by atoms with E-state index in [9.17, 15) is 13.6 Å². The molecule has 0 radical (unpaired) electrons. The van der Waals surface area contributed by atoms with Crippen molar-refractivity contribution in [3.63, 3.8) is 0 Å². The number of esters is 1. The zero-order valence-electron chi connectivity index (χ0n) is 15.4. The minimum atomic E-state index is -0.783. The van der Waals surface area contributed by atoms with E-state index < -0.39 is 22.6 Å². The Hall–Kier alpha value is -2.21. The molecule has 4 nitrogen and oxygen atoms in total. The summed E-state index contributed by atoms with van der Waals surface area (Å²) in [5.41, 5.74) is 2.65. The van der Waals surface area contributed by atoms with Gasteiger partial charge < -0.3 is 9.64 Å². The third-order valence-electron chi connectivity index (χ3n) is 4.82. The number of pyridine rings is 1. The van der Waals surface area contributed by atoms with E-state index in [-0.39, 0.29) is 24.1 Å². The van der Waals surface area contributed by atoms with E-state index >= 15 is 0 Å². The van der Waals surface area contributed by atoms with Gasteiger partial charge in [0.25, 0.3) is 0 Å². The van der Waals surface area contributed by atoms with Crippen molar-refractivity contribution in [3.05, 3.63) is 57.9 Å². The first-order valence-electron chi connectivity index (χ1n) is 8.87. The standard InChI is InChI=1S/C20H21ClF2N2O2/c1-4-27-20(26)18-7-14-12(8-24-18)9-25(10-15(14)11(2)3)13-5-16(22)19(21)17(23)6-13/h5-8,11,15H,4,9-10H2,1-3H3. The third-order valence-corrected chi connectivity index (χ3v) is 5.18. The van der Waals surface area contributed by atoms with Gasteiger partial charge in [0.1, 0.15) is 22.4 Å². The zero-order valence-corrected chi connectivity index (χ0v) is 16.2. The molecule has 1 aromatic carbocycles. The number of hydrogen-bond donors (Lipinski definition) is 0. The van der Waals surface area contributed by atoms with E-state index in [1.165, 1.54) is 12.1 Å². The van der Waals surface area contributed by atoms with Crippen molar-refractivity contribution in [2.75, 3.05) is 18.1 Å². The second-order valence-corrected chi connectivity index (χ2v) is 7.32. The highest BCUT2D eigenvalue weighted by Crippen LogP contribution is 2.37. The summed E-state index contributed by atoms with van der Waals surface area (Å²) in [5, 5.41) is -0.502. The molecule has 1 aliphatic heterocycles. The van der Waals surface area contributed by atoms with Gasteiger partial charge in [-0.25, -0.2) is 18.6 Å². The second kappa shape index (κ2) is 7.80. The lowest BCUT2D eigenvalue weighted by atomic mass is 9.82. The summed E-state index contributed by atoms with van der Waals surface area (Å²) in [6.07, 6.45) is 1.64. The van der Waals surface area contributed by atoms with Crippen LogP contribution in [-0.4, -0.2) is 24.1 Å². The molecule has 1 unspecified atom stereocenters. The Balaban J connectivity index is 1.98. The second-order valence-electron chi connectivity index (χ2n) is 6.94. The van der Waals surface area contributed by atoms with Crippen molar-refractivity contribution in [2.24, 2.45) is 5.92 Å². The highest BCUT2D eigenvalue weighted by molar-refractivity contribution is 6.30. The molecule has 0 aliphatic carbocycles.